The molecule has 0 fully saturated rings. The van der Waals surface area contributed by atoms with Gasteiger partial charge in [0.15, 0.2) is 0 Å². The second-order valence-corrected chi connectivity index (χ2v) is 4.98. The molecule has 0 aliphatic heterocycles. The van der Waals surface area contributed by atoms with Crippen LogP contribution in [0, 0.1) is 0 Å². The van der Waals surface area contributed by atoms with E-state index in [4.69, 9.17) is 0 Å². The SMILES string of the molecule is BCc1cc2ccc3cccc4ccc(c1)c2c34. The van der Waals surface area contributed by atoms with Crippen LogP contribution in [0.15, 0.2) is 54.6 Å². The Balaban J connectivity index is 2.35. The van der Waals surface area contributed by atoms with Crippen LogP contribution in [0.4, 0.5) is 0 Å². The summed E-state index contributed by atoms with van der Waals surface area (Å²) in [4.78, 5) is 0. The Hall–Kier alpha value is -2.02. The topological polar surface area (TPSA) is 0 Å². The lowest BCUT2D eigenvalue weighted by atomic mass is 9.89. The molecule has 0 atom stereocenters. The lowest BCUT2D eigenvalue weighted by Crippen LogP contribution is -1.88. The van der Waals surface area contributed by atoms with Crippen molar-refractivity contribution in [2.45, 2.75) is 6.32 Å². The standard InChI is InChI=1S/C17H13B/c18-10-11-8-14-6-4-12-2-1-3-13-5-7-15(9-11)17(14)16(12)13/h1-9H,10,18H2. The molecule has 1 heteroatoms. The Kier molecular flexibility index (Phi) is 1.93. The smallest absolute Gasteiger partial charge is 0.0610 e. The summed E-state index contributed by atoms with van der Waals surface area (Å²) in [5, 5.41) is 8.25. The molecule has 4 aromatic rings. The average molecular weight is 228 g/mol. The fraction of sp³-hybridized carbons (Fsp3) is 0.0588. The molecule has 0 N–H and O–H groups in total. The minimum absolute atomic E-state index is 1.09. The summed E-state index contributed by atoms with van der Waals surface area (Å²) >= 11 is 0. The summed E-state index contributed by atoms with van der Waals surface area (Å²) in [5.41, 5.74) is 1.42. The second-order valence-electron chi connectivity index (χ2n) is 4.98. The Bertz CT molecular complexity index is 797. The van der Waals surface area contributed by atoms with E-state index in [1.54, 1.807) is 0 Å². The number of rotatable bonds is 1. The zero-order valence-corrected chi connectivity index (χ0v) is 10.4. The molecule has 0 radical (unpaired) electrons. The van der Waals surface area contributed by atoms with Crippen LogP contribution in [0.2, 0.25) is 0 Å². The minimum atomic E-state index is 1.09. The molecule has 18 heavy (non-hydrogen) atoms. The second kappa shape index (κ2) is 3.49. The molecule has 0 unspecified atom stereocenters. The van der Waals surface area contributed by atoms with E-state index in [9.17, 15) is 0 Å². The first kappa shape index (κ1) is 9.96. The maximum Gasteiger partial charge on any atom is 0.107 e. The number of benzene rings is 4. The van der Waals surface area contributed by atoms with Gasteiger partial charge >= 0.3 is 0 Å². The van der Waals surface area contributed by atoms with Crippen LogP contribution in [-0.4, -0.2) is 7.85 Å². The van der Waals surface area contributed by atoms with Crippen molar-refractivity contribution in [2.75, 3.05) is 0 Å². The van der Waals surface area contributed by atoms with Gasteiger partial charge in [-0.1, -0.05) is 66.5 Å². The highest BCUT2D eigenvalue weighted by Gasteiger charge is 2.07. The van der Waals surface area contributed by atoms with Crippen LogP contribution >= 0.6 is 0 Å². The highest BCUT2D eigenvalue weighted by Crippen LogP contribution is 2.34. The highest BCUT2D eigenvalue weighted by atomic mass is 14.1. The molecule has 84 valence electrons. The summed E-state index contributed by atoms with van der Waals surface area (Å²) in [6.45, 7) is 0. The minimum Gasteiger partial charge on any atom is -0.0610 e. The summed E-state index contributed by atoms with van der Waals surface area (Å²) in [6.07, 6.45) is 1.09. The van der Waals surface area contributed by atoms with Crippen LogP contribution < -0.4 is 0 Å². The molecule has 0 aromatic heterocycles. The predicted molar refractivity (Wildman–Crippen MR) is 82.4 cm³/mol. The third kappa shape index (κ3) is 1.22. The van der Waals surface area contributed by atoms with Gasteiger partial charge in [-0.2, -0.15) is 0 Å². The van der Waals surface area contributed by atoms with Crippen molar-refractivity contribution in [1.82, 2.24) is 0 Å². The Morgan fingerprint density at radius 1 is 0.667 bits per heavy atom. The van der Waals surface area contributed by atoms with Gasteiger partial charge in [0.25, 0.3) is 0 Å². The molecule has 0 saturated heterocycles. The molecule has 0 heterocycles. The van der Waals surface area contributed by atoms with Gasteiger partial charge in [0.05, 0.1) is 0 Å². The Labute approximate surface area is 107 Å². The third-order valence-electron chi connectivity index (χ3n) is 3.93. The molecular formula is C17H13B. The van der Waals surface area contributed by atoms with Crippen LogP contribution in [-0.2, 0) is 6.32 Å². The third-order valence-corrected chi connectivity index (χ3v) is 3.93. The highest BCUT2D eigenvalue weighted by molar-refractivity contribution is 6.23. The van der Waals surface area contributed by atoms with Crippen molar-refractivity contribution < 1.29 is 0 Å². The average Bonchev–Trinajstić information content (AvgIpc) is 2.44. The van der Waals surface area contributed by atoms with Gasteiger partial charge in [0, 0.05) is 0 Å². The molecule has 4 aromatic carbocycles. The zero-order chi connectivity index (χ0) is 12.1. The first-order valence-corrected chi connectivity index (χ1v) is 6.53. The van der Waals surface area contributed by atoms with Crippen molar-refractivity contribution >= 4 is 40.2 Å². The van der Waals surface area contributed by atoms with Crippen molar-refractivity contribution in [1.29, 1.82) is 0 Å². The maximum atomic E-state index is 2.33. The Morgan fingerprint density at radius 2 is 1.17 bits per heavy atom. The number of hydrogen-bond donors (Lipinski definition) is 0. The number of hydrogen-bond acceptors (Lipinski definition) is 0. The van der Waals surface area contributed by atoms with Gasteiger partial charge in [-0.15, -0.1) is 0 Å². The normalized spacial score (nSPS) is 11.8. The summed E-state index contributed by atoms with van der Waals surface area (Å²) in [7, 11) is 2.22. The molecule has 0 nitrogen and oxygen atoms in total. The largest absolute Gasteiger partial charge is 0.107 e. The first-order valence-electron chi connectivity index (χ1n) is 6.53. The van der Waals surface area contributed by atoms with Crippen molar-refractivity contribution in [3.05, 3.63) is 60.2 Å². The van der Waals surface area contributed by atoms with E-state index in [1.165, 1.54) is 37.9 Å². The molecule has 0 spiro atoms. The molecule has 0 saturated carbocycles. The molecule has 0 aliphatic carbocycles. The van der Waals surface area contributed by atoms with Crippen molar-refractivity contribution in [3.8, 4) is 0 Å². The summed E-state index contributed by atoms with van der Waals surface area (Å²) < 4.78 is 0. The van der Waals surface area contributed by atoms with Gasteiger partial charge in [-0.05, 0) is 32.3 Å². The first-order chi connectivity index (χ1) is 8.86. The van der Waals surface area contributed by atoms with E-state index in [0.29, 0.717) is 0 Å². The van der Waals surface area contributed by atoms with E-state index in [-0.39, 0.29) is 0 Å². The predicted octanol–water partition coefficient (Wildman–Crippen LogP) is 3.72. The van der Waals surface area contributed by atoms with Crippen LogP contribution in [0.25, 0.3) is 32.3 Å². The van der Waals surface area contributed by atoms with Crippen LogP contribution in [0.1, 0.15) is 5.56 Å². The van der Waals surface area contributed by atoms with Crippen LogP contribution in [0.3, 0.4) is 0 Å². The lowest BCUT2D eigenvalue weighted by molar-refractivity contribution is 1.44. The Morgan fingerprint density at radius 3 is 1.72 bits per heavy atom. The molecule has 0 bridgehead atoms. The van der Waals surface area contributed by atoms with E-state index in [1.807, 2.05) is 0 Å². The van der Waals surface area contributed by atoms with Crippen molar-refractivity contribution in [3.63, 3.8) is 0 Å². The zero-order valence-electron chi connectivity index (χ0n) is 10.4. The van der Waals surface area contributed by atoms with E-state index in [0.717, 1.165) is 6.32 Å². The van der Waals surface area contributed by atoms with E-state index in [2.05, 4.69) is 62.4 Å². The molecule has 0 aliphatic rings. The van der Waals surface area contributed by atoms with Gasteiger partial charge in [0.1, 0.15) is 7.85 Å². The van der Waals surface area contributed by atoms with E-state index >= 15 is 0 Å². The van der Waals surface area contributed by atoms with Gasteiger partial charge in [-0.3, -0.25) is 0 Å². The maximum absolute atomic E-state index is 2.33. The van der Waals surface area contributed by atoms with Gasteiger partial charge in [-0.25, -0.2) is 0 Å². The monoisotopic (exact) mass is 228 g/mol. The fourth-order valence-corrected chi connectivity index (χ4v) is 3.02. The van der Waals surface area contributed by atoms with Crippen LogP contribution in [0.5, 0.6) is 0 Å². The fourth-order valence-electron chi connectivity index (χ4n) is 3.02. The van der Waals surface area contributed by atoms with Gasteiger partial charge < -0.3 is 0 Å². The van der Waals surface area contributed by atoms with E-state index < -0.39 is 0 Å². The van der Waals surface area contributed by atoms with Crippen molar-refractivity contribution in [2.24, 2.45) is 0 Å². The molecular weight excluding hydrogens is 215 g/mol. The summed E-state index contributed by atoms with van der Waals surface area (Å²) in [5.74, 6) is 0. The lowest BCUT2D eigenvalue weighted by Gasteiger charge is -2.11. The molecule has 0 amide bonds. The quantitative estimate of drug-likeness (QED) is 0.344. The molecule has 4 rings (SSSR count). The summed E-state index contributed by atoms with van der Waals surface area (Å²) in [6, 6.07) is 20.2. The van der Waals surface area contributed by atoms with Gasteiger partial charge in [0.2, 0.25) is 0 Å².